The van der Waals surface area contributed by atoms with E-state index in [-0.39, 0.29) is 5.78 Å². The van der Waals surface area contributed by atoms with E-state index in [1.807, 2.05) is 102 Å². The number of carbonyl (C=O) groups is 1. The van der Waals surface area contributed by atoms with E-state index in [0.29, 0.717) is 15.6 Å². The van der Waals surface area contributed by atoms with Gasteiger partial charge >= 0.3 is 0 Å². The van der Waals surface area contributed by atoms with Crippen LogP contribution in [0.25, 0.3) is 45.0 Å². The molecule has 0 spiro atoms. The molecule has 0 amide bonds. The first-order valence-electron chi connectivity index (χ1n) is 11.8. The van der Waals surface area contributed by atoms with E-state index >= 15 is 0 Å². The lowest BCUT2D eigenvalue weighted by Crippen LogP contribution is -1.97. The molecule has 5 heteroatoms. The minimum absolute atomic E-state index is 0.148. The van der Waals surface area contributed by atoms with Crippen molar-refractivity contribution in [2.75, 3.05) is 0 Å². The number of fused-ring (bicyclic) bond motifs is 2. The van der Waals surface area contributed by atoms with Crippen LogP contribution in [-0.2, 0) is 0 Å². The number of aromatic nitrogens is 2. The van der Waals surface area contributed by atoms with Crippen molar-refractivity contribution in [3.8, 4) is 22.5 Å². The molecule has 0 saturated carbocycles. The number of para-hydroxylation sites is 1. The van der Waals surface area contributed by atoms with Gasteiger partial charge in [0.2, 0.25) is 0 Å². The monoisotopic (exact) mass is 518 g/mol. The predicted octanol–water partition coefficient (Wildman–Crippen LogP) is 9.02. The second kappa shape index (κ2) is 9.70. The summed E-state index contributed by atoms with van der Waals surface area (Å²) in [6, 6.07) is 32.9. The van der Waals surface area contributed by atoms with Crippen LogP contribution in [0.1, 0.15) is 15.9 Å². The van der Waals surface area contributed by atoms with E-state index in [2.05, 4.69) is 6.07 Å². The van der Waals surface area contributed by atoms with Gasteiger partial charge in [-0.3, -0.25) is 4.79 Å². The molecule has 6 aromatic rings. The fraction of sp³-hybridized carbons (Fsp3) is 0. The molecular weight excluding hydrogens is 499 g/mol. The molecule has 3 aromatic carbocycles. The van der Waals surface area contributed by atoms with Gasteiger partial charge in [0, 0.05) is 32.8 Å². The third-order valence-electron chi connectivity index (χ3n) is 6.39. The third-order valence-corrected chi connectivity index (χ3v) is 7.07. The van der Waals surface area contributed by atoms with Crippen LogP contribution in [0.15, 0.2) is 115 Å². The topological polar surface area (TPSA) is 34.4 Å². The van der Waals surface area contributed by atoms with Crippen LogP contribution < -0.4 is 0 Å². The largest absolute Gasteiger partial charge is 0.314 e. The van der Waals surface area contributed by atoms with Crippen molar-refractivity contribution >= 4 is 51.5 Å². The number of hydrogen-bond donors (Lipinski definition) is 0. The summed E-state index contributed by atoms with van der Waals surface area (Å²) < 4.78 is 2.02. The Kier molecular flexibility index (Phi) is 6.09. The van der Waals surface area contributed by atoms with Crippen molar-refractivity contribution in [3.63, 3.8) is 0 Å². The van der Waals surface area contributed by atoms with E-state index in [4.69, 9.17) is 28.2 Å². The van der Waals surface area contributed by atoms with Gasteiger partial charge in [-0.05, 0) is 54.1 Å². The highest BCUT2D eigenvalue weighted by Gasteiger charge is 2.26. The molecule has 0 unspecified atom stereocenters. The summed E-state index contributed by atoms with van der Waals surface area (Å²) in [5.74, 6) is -0.148. The number of rotatable bonds is 5. The van der Waals surface area contributed by atoms with Gasteiger partial charge in [-0.25, -0.2) is 4.98 Å². The average molecular weight is 519 g/mol. The van der Waals surface area contributed by atoms with Crippen molar-refractivity contribution < 1.29 is 4.79 Å². The zero-order valence-corrected chi connectivity index (χ0v) is 21.1. The van der Waals surface area contributed by atoms with Gasteiger partial charge in [0.05, 0.1) is 28.0 Å². The van der Waals surface area contributed by atoms with Crippen LogP contribution in [-0.4, -0.2) is 15.2 Å². The molecule has 3 nitrogen and oxygen atoms in total. The summed E-state index contributed by atoms with van der Waals surface area (Å²) in [5.41, 5.74) is 6.06. The Hall–Kier alpha value is -4.18. The lowest BCUT2D eigenvalue weighted by molar-refractivity contribution is 0.105. The number of benzene rings is 3. The van der Waals surface area contributed by atoms with Gasteiger partial charge in [0.1, 0.15) is 0 Å². The molecule has 0 saturated heterocycles. The van der Waals surface area contributed by atoms with Crippen molar-refractivity contribution in [2.24, 2.45) is 0 Å². The zero-order valence-electron chi connectivity index (χ0n) is 19.6. The van der Waals surface area contributed by atoms with Gasteiger partial charge < -0.3 is 4.40 Å². The van der Waals surface area contributed by atoms with Gasteiger partial charge in [-0.2, -0.15) is 0 Å². The summed E-state index contributed by atoms with van der Waals surface area (Å²) >= 11 is 13.1. The zero-order chi connectivity index (χ0) is 25.4. The van der Waals surface area contributed by atoms with E-state index in [1.54, 1.807) is 18.2 Å². The van der Waals surface area contributed by atoms with Crippen LogP contribution in [0, 0.1) is 0 Å². The molecule has 0 N–H and O–H groups in total. The lowest BCUT2D eigenvalue weighted by atomic mass is 9.96. The number of hydrogen-bond acceptors (Lipinski definition) is 2. The first-order chi connectivity index (χ1) is 18.1. The summed E-state index contributed by atoms with van der Waals surface area (Å²) in [6.45, 7) is 0. The van der Waals surface area contributed by atoms with E-state index in [9.17, 15) is 4.79 Å². The maximum Gasteiger partial charge on any atom is 0.188 e. The Morgan fingerprint density at radius 3 is 2.32 bits per heavy atom. The predicted molar refractivity (Wildman–Crippen MR) is 153 cm³/mol. The first-order valence-corrected chi connectivity index (χ1v) is 12.6. The van der Waals surface area contributed by atoms with Crippen molar-refractivity contribution in [3.05, 3.63) is 137 Å². The fourth-order valence-electron chi connectivity index (χ4n) is 4.69. The number of allylic oxidation sites excluding steroid dienone is 1. The molecule has 0 bridgehead atoms. The van der Waals surface area contributed by atoms with E-state index in [0.717, 1.165) is 44.5 Å². The van der Waals surface area contributed by atoms with Crippen LogP contribution in [0.5, 0.6) is 0 Å². The molecule has 3 heterocycles. The van der Waals surface area contributed by atoms with Crippen LogP contribution in [0.3, 0.4) is 0 Å². The van der Waals surface area contributed by atoms with Gasteiger partial charge in [-0.1, -0.05) is 89.9 Å². The van der Waals surface area contributed by atoms with Gasteiger partial charge in [0.25, 0.3) is 0 Å². The Morgan fingerprint density at radius 2 is 1.49 bits per heavy atom. The molecule has 0 radical (unpaired) electrons. The Balaban J connectivity index is 1.65. The number of nitrogens with zero attached hydrogens (tertiary/aromatic N) is 2. The Bertz CT molecular complexity index is 1830. The van der Waals surface area contributed by atoms with E-state index in [1.165, 1.54) is 0 Å². The highest BCUT2D eigenvalue weighted by molar-refractivity contribution is 6.34. The number of ketones is 1. The Labute approximate surface area is 224 Å². The maximum absolute atomic E-state index is 13.9. The SMILES string of the molecule is O=C(/C=C/c1ccccc1Cl)c1c(-c2ccccc2Cl)c(-c2ccc3ccccc3n2)n2ccccc12. The minimum atomic E-state index is -0.148. The third kappa shape index (κ3) is 4.23. The van der Waals surface area contributed by atoms with Crippen molar-refractivity contribution in [1.29, 1.82) is 0 Å². The normalized spacial score (nSPS) is 11.5. The standard InChI is InChI=1S/C32H20Cl2N2O/c33-24-12-4-1-9-21(24)17-19-29(37)31-28-15-7-8-20-36(28)32(30(31)23-11-3-5-13-25(23)34)27-18-16-22-10-2-6-14-26(22)35-27/h1-20H/b19-17+. The smallest absolute Gasteiger partial charge is 0.188 e. The molecule has 178 valence electrons. The second-order valence-corrected chi connectivity index (χ2v) is 9.46. The van der Waals surface area contributed by atoms with Crippen LogP contribution in [0.4, 0.5) is 0 Å². The molecule has 37 heavy (non-hydrogen) atoms. The second-order valence-electron chi connectivity index (χ2n) is 8.64. The highest BCUT2D eigenvalue weighted by Crippen LogP contribution is 2.42. The first kappa shape index (κ1) is 23.2. The van der Waals surface area contributed by atoms with Gasteiger partial charge in [0.15, 0.2) is 5.78 Å². The van der Waals surface area contributed by atoms with Crippen molar-refractivity contribution in [1.82, 2.24) is 9.38 Å². The van der Waals surface area contributed by atoms with Crippen molar-refractivity contribution in [2.45, 2.75) is 0 Å². The fourth-order valence-corrected chi connectivity index (χ4v) is 5.12. The number of pyridine rings is 2. The summed E-state index contributed by atoms with van der Waals surface area (Å²) in [4.78, 5) is 18.9. The van der Waals surface area contributed by atoms with Gasteiger partial charge in [-0.15, -0.1) is 0 Å². The average Bonchev–Trinajstić information content (AvgIpc) is 3.27. The quantitative estimate of drug-likeness (QED) is 0.168. The molecule has 3 aromatic heterocycles. The molecule has 0 atom stereocenters. The number of halogens is 2. The number of carbonyl (C=O) groups excluding carboxylic acids is 1. The molecule has 0 aliphatic rings. The molecule has 6 rings (SSSR count). The lowest BCUT2D eigenvalue weighted by Gasteiger charge is -2.10. The Morgan fingerprint density at radius 1 is 0.757 bits per heavy atom. The summed E-state index contributed by atoms with van der Waals surface area (Å²) in [5, 5.41) is 2.19. The molecule has 0 fully saturated rings. The highest BCUT2D eigenvalue weighted by atomic mass is 35.5. The molecule has 0 aliphatic carbocycles. The maximum atomic E-state index is 13.9. The minimum Gasteiger partial charge on any atom is -0.314 e. The molecular formula is C32H20Cl2N2O. The molecule has 0 aliphatic heterocycles. The van der Waals surface area contributed by atoms with E-state index < -0.39 is 0 Å². The summed E-state index contributed by atoms with van der Waals surface area (Å²) in [6.07, 6.45) is 5.28. The van der Waals surface area contributed by atoms with Crippen LogP contribution in [0.2, 0.25) is 10.0 Å². The van der Waals surface area contributed by atoms with Crippen LogP contribution >= 0.6 is 23.2 Å². The summed E-state index contributed by atoms with van der Waals surface area (Å²) in [7, 11) is 0.